The molecule has 30 heavy (non-hydrogen) atoms. The van der Waals surface area contributed by atoms with Crippen LogP contribution < -0.4 is 29.6 Å². The van der Waals surface area contributed by atoms with E-state index in [-0.39, 0.29) is 6.04 Å². The summed E-state index contributed by atoms with van der Waals surface area (Å²) in [6.45, 7) is 7.88. The Morgan fingerprint density at radius 2 is 1.67 bits per heavy atom. The summed E-state index contributed by atoms with van der Waals surface area (Å²) in [4.78, 5) is 4.73. The van der Waals surface area contributed by atoms with Crippen LogP contribution in [0.15, 0.2) is 41.4 Å². The Balaban J connectivity index is 2.19. The van der Waals surface area contributed by atoms with Gasteiger partial charge in [-0.05, 0) is 56.7 Å². The molecule has 2 rings (SSSR count). The SMILES string of the molecule is CCNC(=NCc1ccc(OC)c(OCC)c1)NC(C)c1cc(OC)ccc1OC. The quantitative estimate of drug-likeness (QED) is 0.453. The second-order valence-corrected chi connectivity index (χ2v) is 6.59. The van der Waals surface area contributed by atoms with Crippen molar-refractivity contribution in [2.24, 2.45) is 4.99 Å². The minimum absolute atomic E-state index is 0.0392. The lowest BCUT2D eigenvalue weighted by atomic mass is 10.1. The van der Waals surface area contributed by atoms with Gasteiger partial charge in [0.2, 0.25) is 0 Å². The van der Waals surface area contributed by atoms with Crippen LogP contribution in [0.5, 0.6) is 23.0 Å². The van der Waals surface area contributed by atoms with Gasteiger partial charge in [-0.2, -0.15) is 0 Å². The second kappa shape index (κ2) is 11.8. The van der Waals surface area contributed by atoms with E-state index in [1.807, 2.05) is 50.2 Å². The molecule has 0 aliphatic heterocycles. The molecule has 0 aliphatic carbocycles. The van der Waals surface area contributed by atoms with Crippen molar-refractivity contribution in [3.05, 3.63) is 47.5 Å². The molecular weight excluding hydrogens is 382 g/mol. The van der Waals surface area contributed by atoms with Gasteiger partial charge < -0.3 is 29.6 Å². The fraction of sp³-hybridized carbons (Fsp3) is 0.435. The molecule has 0 amide bonds. The zero-order chi connectivity index (χ0) is 21.9. The highest BCUT2D eigenvalue weighted by molar-refractivity contribution is 5.80. The Kier molecular flexibility index (Phi) is 9.12. The van der Waals surface area contributed by atoms with Crippen molar-refractivity contribution in [3.8, 4) is 23.0 Å². The fourth-order valence-electron chi connectivity index (χ4n) is 3.04. The number of benzene rings is 2. The largest absolute Gasteiger partial charge is 0.497 e. The lowest BCUT2D eigenvalue weighted by Gasteiger charge is -2.21. The van der Waals surface area contributed by atoms with Crippen LogP contribution >= 0.6 is 0 Å². The molecule has 1 atom stereocenters. The van der Waals surface area contributed by atoms with E-state index < -0.39 is 0 Å². The molecule has 0 bridgehead atoms. The smallest absolute Gasteiger partial charge is 0.192 e. The average Bonchev–Trinajstić information content (AvgIpc) is 2.77. The minimum Gasteiger partial charge on any atom is -0.497 e. The van der Waals surface area contributed by atoms with E-state index in [4.69, 9.17) is 23.9 Å². The topological polar surface area (TPSA) is 73.3 Å². The van der Waals surface area contributed by atoms with Crippen LogP contribution in [-0.2, 0) is 6.54 Å². The van der Waals surface area contributed by atoms with E-state index in [1.54, 1.807) is 21.3 Å². The summed E-state index contributed by atoms with van der Waals surface area (Å²) in [6, 6.07) is 11.6. The molecule has 0 aromatic heterocycles. The highest BCUT2D eigenvalue weighted by Gasteiger charge is 2.14. The van der Waals surface area contributed by atoms with Gasteiger partial charge in [0.15, 0.2) is 17.5 Å². The number of aliphatic imine (C=N–C) groups is 1. The van der Waals surface area contributed by atoms with Gasteiger partial charge in [0.25, 0.3) is 0 Å². The molecular formula is C23H33N3O4. The number of nitrogens with zero attached hydrogens (tertiary/aromatic N) is 1. The summed E-state index contributed by atoms with van der Waals surface area (Å²) < 4.78 is 21.9. The van der Waals surface area contributed by atoms with Crippen molar-refractivity contribution in [2.75, 3.05) is 34.5 Å². The van der Waals surface area contributed by atoms with Gasteiger partial charge >= 0.3 is 0 Å². The predicted molar refractivity (Wildman–Crippen MR) is 120 cm³/mol. The van der Waals surface area contributed by atoms with Crippen molar-refractivity contribution in [1.82, 2.24) is 10.6 Å². The van der Waals surface area contributed by atoms with Gasteiger partial charge in [-0.25, -0.2) is 4.99 Å². The van der Waals surface area contributed by atoms with Crippen molar-refractivity contribution in [3.63, 3.8) is 0 Å². The molecule has 0 radical (unpaired) electrons. The van der Waals surface area contributed by atoms with Crippen LogP contribution in [0.4, 0.5) is 0 Å². The van der Waals surface area contributed by atoms with E-state index >= 15 is 0 Å². The monoisotopic (exact) mass is 415 g/mol. The molecule has 0 fully saturated rings. The van der Waals surface area contributed by atoms with Gasteiger partial charge in [0.05, 0.1) is 40.5 Å². The molecule has 0 heterocycles. The number of methoxy groups -OCH3 is 3. The summed E-state index contributed by atoms with van der Waals surface area (Å²) in [5.41, 5.74) is 2.02. The molecule has 7 heteroatoms. The molecule has 0 saturated heterocycles. The van der Waals surface area contributed by atoms with E-state index in [0.29, 0.717) is 24.9 Å². The molecule has 2 N–H and O–H groups in total. The number of guanidine groups is 1. The Morgan fingerprint density at radius 1 is 0.933 bits per heavy atom. The first kappa shape index (κ1) is 23.2. The lowest BCUT2D eigenvalue weighted by molar-refractivity contribution is 0.310. The number of nitrogens with one attached hydrogen (secondary N) is 2. The summed E-state index contributed by atoms with van der Waals surface area (Å²) >= 11 is 0. The van der Waals surface area contributed by atoms with Crippen LogP contribution in [0.2, 0.25) is 0 Å². The molecule has 2 aromatic carbocycles. The molecule has 0 aliphatic rings. The fourth-order valence-corrected chi connectivity index (χ4v) is 3.04. The number of hydrogen-bond acceptors (Lipinski definition) is 5. The van der Waals surface area contributed by atoms with Gasteiger partial charge in [-0.15, -0.1) is 0 Å². The predicted octanol–water partition coefficient (Wildman–Crippen LogP) is 3.93. The first-order valence-corrected chi connectivity index (χ1v) is 10.1. The Labute approximate surface area is 179 Å². The first-order valence-electron chi connectivity index (χ1n) is 10.1. The van der Waals surface area contributed by atoms with Gasteiger partial charge in [-0.1, -0.05) is 6.07 Å². The van der Waals surface area contributed by atoms with Crippen molar-refractivity contribution in [1.29, 1.82) is 0 Å². The molecule has 164 valence electrons. The highest BCUT2D eigenvalue weighted by Crippen LogP contribution is 2.30. The zero-order valence-corrected chi connectivity index (χ0v) is 18.7. The third kappa shape index (κ3) is 6.20. The molecule has 0 spiro atoms. The first-order chi connectivity index (χ1) is 14.6. The lowest BCUT2D eigenvalue weighted by Crippen LogP contribution is -2.38. The minimum atomic E-state index is -0.0392. The van der Waals surface area contributed by atoms with Crippen molar-refractivity contribution >= 4 is 5.96 Å². The van der Waals surface area contributed by atoms with E-state index in [2.05, 4.69) is 17.6 Å². The van der Waals surface area contributed by atoms with E-state index in [9.17, 15) is 0 Å². The number of hydrogen-bond donors (Lipinski definition) is 2. The Hall–Kier alpha value is -3.09. The maximum Gasteiger partial charge on any atom is 0.192 e. The van der Waals surface area contributed by atoms with E-state index in [1.165, 1.54) is 0 Å². The number of rotatable bonds is 10. The van der Waals surface area contributed by atoms with Gasteiger partial charge in [-0.3, -0.25) is 0 Å². The van der Waals surface area contributed by atoms with Crippen LogP contribution in [0.3, 0.4) is 0 Å². The molecule has 2 aromatic rings. The number of ether oxygens (including phenoxy) is 4. The van der Waals surface area contributed by atoms with E-state index in [0.717, 1.165) is 34.9 Å². The second-order valence-electron chi connectivity index (χ2n) is 6.59. The maximum atomic E-state index is 5.66. The Bertz CT molecular complexity index is 839. The summed E-state index contributed by atoms with van der Waals surface area (Å²) in [7, 11) is 4.95. The molecule has 1 unspecified atom stereocenters. The van der Waals surface area contributed by atoms with Crippen LogP contribution in [0.1, 0.15) is 37.9 Å². The molecule has 0 saturated carbocycles. The van der Waals surface area contributed by atoms with Crippen LogP contribution in [0, 0.1) is 0 Å². The van der Waals surface area contributed by atoms with Gasteiger partial charge in [0, 0.05) is 12.1 Å². The third-order valence-corrected chi connectivity index (χ3v) is 4.55. The van der Waals surface area contributed by atoms with Crippen LogP contribution in [0.25, 0.3) is 0 Å². The van der Waals surface area contributed by atoms with Crippen LogP contribution in [-0.4, -0.2) is 40.4 Å². The summed E-state index contributed by atoms with van der Waals surface area (Å²) in [6.07, 6.45) is 0. The normalized spacial score (nSPS) is 12.1. The third-order valence-electron chi connectivity index (χ3n) is 4.55. The van der Waals surface area contributed by atoms with Crippen molar-refractivity contribution in [2.45, 2.75) is 33.4 Å². The standard InChI is InChI=1S/C23H33N3O4/c1-7-24-23(25-15-17-9-11-21(29-6)22(13-17)30-8-2)26-16(3)19-14-18(27-4)10-12-20(19)28-5/h9-14,16H,7-8,15H2,1-6H3,(H2,24,25,26). The summed E-state index contributed by atoms with van der Waals surface area (Å²) in [5.74, 6) is 3.73. The zero-order valence-electron chi connectivity index (χ0n) is 18.7. The Morgan fingerprint density at radius 3 is 2.30 bits per heavy atom. The summed E-state index contributed by atoms with van der Waals surface area (Å²) in [5, 5.41) is 6.73. The molecule has 7 nitrogen and oxygen atoms in total. The van der Waals surface area contributed by atoms with Gasteiger partial charge in [0.1, 0.15) is 11.5 Å². The van der Waals surface area contributed by atoms with Crippen molar-refractivity contribution < 1.29 is 18.9 Å². The maximum absolute atomic E-state index is 5.66. The highest BCUT2D eigenvalue weighted by atomic mass is 16.5. The average molecular weight is 416 g/mol.